The van der Waals surface area contributed by atoms with Gasteiger partial charge in [0.1, 0.15) is 5.56 Å². The van der Waals surface area contributed by atoms with Crippen LogP contribution in [0.15, 0.2) is 35.1 Å². The van der Waals surface area contributed by atoms with Gasteiger partial charge < -0.3 is 9.67 Å². The average Bonchev–Trinajstić information content (AvgIpc) is 2.53. The molecule has 0 saturated carbocycles. The highest BCUT2D eigenvalue weighted by atomic mass is 16.4. The van der Waals surface area contributed by atoms with E-state index in [1.165, 1.54) is 5.56 Å². The van der Waals surface area contributed by atoms with E-state index >= 15 is 0 Å². The second-order valence-electron chi connectivity index (χ2n) is 5.70. The Morgan fingerprint density at radius 1 is 1.23 bits per heavy atom. The number of carboxylic acid groups (broad SMARTS) is 1. The molecule has 0 radical (unpaired) electrons. The molecule has 22 heavy (non-hydrogen) atoms. The van der Waals surface area contributed by atoms with E-state index < -0.39 is 11.5 Å². The van der Waals surface area contributed by atoms with Gasteiger partial charge in [-0.1, -0.05) is 37.6 Å². The highest BCUT2D eigenvalue weighted by molar-refractivity contribution is 5.88. The van der Waals surface area contributed by atoms with Crippen LogP contribution < -0.4 is 5.56 Å². The summed E-state index contributed by atoms with van der Waals surface area (Å²) in [7, 11) is 0. The number of carbonyl (C=O) groups is 1. The molecule has 1 aliphatic carbocycles. The number of carboxylic acids is 1. The Labute approximate surface area is 129 Å². The standard InChI is InChI=1S/C18H19NO3/c1-2-3-10-19-16-13(11-15(17(19)20)18(21)22)9-8-12-6-4-5-7-14(12)16/h4-7,11H,2-3,8-10H2,1H3,(H,21,22). The van der Waals surface area contributed by atoms with Crippen LogP contribution in [0.5, 0.6) is 0 Å². The number of pyridine rings is 1. The molecule has 1 heterocycles. The largest absolute Gasteiger partial charge is 0.477 e. The Morgan fingerprint density at radius 2 is 1.95 bits per heavy atom. The van der Waals surface area contributed by atoms with E-state index in [0.29, 0.717) is 6.54 Å². The maximum atomic E-state index is 12.6. The Morgan fingerprint density at radius 3 is 2.68 bits per heavy atom. The number of aromatic nitrogens is 1. The molecule has 0 atom stereocenters. The molecule has 0 aliphatic heterocycles. The molecule has 0 unspecified atom stereocenters. The number of rotatable bonds is 4. The molecule has 1 aliphatic rings. The van der Waals surface area contributed by atoms with Crippen LogP contribution in [0.3, 0.4) is 0 Å². The van der Waals surface area contributed by atoms with Gasteiger partial charge in [0.05, 0.1) is 5.69 Å². The van der Waals surface area contributed by atoms with Crippen LogP contribution in [-0.2, 0) is 19.4 Å². The van der Waals surface area contributed by atoms with Crippen molar-refractivity contribution in [3.8, 4) is 11.3 Å². The van der Waals surface area contributed by atoms with Gasteiger partial charge in [0.25, 0.3) is 5.56 Å². The first-order valence-corrected chi connectivity index (χ1v) is 7.71. The van der Waals surface area contributed by atoms with E-state index in [1.807, 2.05) is 18.2 Å². The van der Waals surface area contributed by atoms with E-state index in [-0.39, 0.29) is 5.56 Å². The number of benzene rings is 1. The maximum Gasteiger partial charge on any atom is 0.341 e. The Balaban J connectivity index is 2.29. The van der Waals surface area contributed by atoms with Crippen molar-refractivity contribution in [2.45, 2.75) is 39.2 Å². The lowest BCUT2D eigenvalue weighted by Crippen LogP contribution is -2.30. The second kappa shape index (κ2) is 5.79. The Bertz CT molecular complexity index is 789. The zero-order valence-corrected chi connectivity index (χ0v) is 12.6. The Hall–Kier alpha value is -2.36. The average molecular weight is 297 g/mol. The van der Waals surface area contributed by atoms with Crippen molar-refractivity contribution < 1.29 is 9.90 Å². The number of nitrogens with zero attached hydrogens (tertiary/aromatic N) is 1. The summed E-state index contributed by atoms with van der Waals surface area (Å²) in [6.45, 7) is 2.62. The minimum Gasteiger partial charge on any atom is -0.477 e. The monoisotopic (exact) mass is 297 g/mol. The van der Waals surface area contributed by atoms with Gasteiger partial charge in [0.15, 0.2) is 0 Å². The molecule has 0 saturated heterocycles. The number of aryl methyl sites for hydroxylation is 2. The third-order valence-corrected chi connectivity index (χ3v) is 4.27. The highest BCUT2D eigenvalue weighted by Gasteiger charge is 2.23. The van der Waals surface area contributed by atoms with Crippen molar-refractivity contribution in [1.29, 1.82) is 0 Å². The molecular weight excluding hydrogens is 278 g/mol. The van der Waals surface area contributed by atoms with Crippen molar-refractivity contribution in [2.75, 3.05) is 0 Å². The smallest absolute Gasteiger partial charge is 0.341 e. The molecule has 0 bridgehead atoms. The minimum atomic E-state index is -1.14. The van der Waals surface area contributed by atoms with E-state index in [2.05, 4.69) is 13.0 Å². The second-order valence-corrected chi connectivity index (χ2v) is 5.70. The summed E-state index contributed by atoms with van der Waals surface area (Å²) in [4.78, 5) is 23.9. The number of hydrogen-bond donors (Lipinski definition) is 1. The molecule has 1 aromatic heterocycles. The van der Waals surface area contributed by atoms with Crippen molar-refractivity contribution in [3.63, 3.8) is 0 Å². The molecule has 2 aromatic rings. The van der Waals surface area contributed by atoms with Crippen molar-refractivity contribution in [2.24, 2.45) is 0 Å². The molecule has 114 valence electrons. The highest BCUT2D eigenvalue weighted by Crippen LogP contribution is 2.33. The zero-order chi connectivity index (χ0) is 15.7. The molecule has 0 spiro atoms. The van der Waals surface area contributed by atoms with Crippen molar-refractivity contribution in [3.05, 3.63) is 57.4 Å². The van der Waals surface area contributed by atoms with Crippen LogP contribution in [0, 0.1) is 0 Å². The number of fused-ring (bicyclic) bond motifs is 3. The first-order chi connectivity index (χ1) is 10.6. The lowest BCUT2D eigenvalue weighted by atomic mass is 9.88. The predicted octanol–water partition coefficient (Wildman–Crippen LogP) is 3.11. The summed E-state index contributed by atoms with van der Waals surface area (Å²) in [5, 5.41) is 9.30. The first-order valence-electron chi connectivity index (χ1n) is 7.71. The third-order valence-electron chi connectivity index (χ3n) is 4.27. The van der Waals surface area contributed by atoms with Crippen LogP contribution >= 0.6 is 0 Å². The van der Waals surface area contributed by atoms with Crippen LogP contribution in [0.25, 0.3) is 11.3 Å². The number of hydrogen-bond acceptors (Lipinski definition) is 2. The predicted molar refractivity (Wildman–Crippen MR) is 85.4 cm³/mol. The van der Waals surface area contributed by atoms with Gasteiger partial charge in [-0.25, -0.2) is 4.79 Å². The molecule has 1 aromatic carbocycles. The fraction of sp³-hybridized carbons (Fsp3) is 0.333. The molecule has 4 nitrogen and oxygen atoms in total. The van der Waals surface area contributed by atoms with E-state index in [9.17, 15) is 14.7 Å². The normalized spacial score (nSPS) is 12.6. The number of unbranched alkanes of at least 4 members (excludes halogenated alkanes) is 1. The van der Waals surface area contributed by atoms with Crippen LogP contribution in [-0.4, -0.2) is 15.6 Å². The van der Waals surface area contributed by atoms with Crippen LogP contribution in [0.1, 0.15) is 41.3 Å². The summed E-state index contributed by atoms with van der Waals surface area (Å²) in [5.41, 5.74) is 3.65. The van der Waals surface area contributed by atoms with Gasteiger partial charge in [-0.3, -0.25) is 4.79 Å². The fourth-order valence-electron chi connectivity index (χ4n) is 3.16. The minimum absolute atomic E-state index is 0.116. The van der Waals surface area contributed by atoms with Gasteiger partial charge in [0, 0.05) is 12.1 Å². The number of aromatic carboxylic acids is 1. The van der Waals surface area contributed by atoms with Gasteiger partial charge in [0.2, 0.25) is 0 Å². The van der Waals surface area contributed by atoms with Gasteiger partial charge in [-0.2, -0.15) is 0 Å². The Kier molecular flexibility index (Phi) is 3.84. The van der Waals surface area contributed by atoms with E-state index in [4.69, 9.17) is 0 Å². The summed E-state index contributed by atoms with van der Waals surface area (Å²) in [5.74, 6) is -1.14. The maximum absolute atomic E-state index is 12.6. The lowest BCUT2D eigenvalue weighted by Gasteiger charge is -2.24. The molecule has 0 amide bonds. The summed E-state index contributed by atoms with van der Waals surface area (Å²) < 4.78 is 1.67. The lowest BCUT2D eigenvalue weighted by molar-refractivity contribution is 0.0694. The molecule has 4 heteroatoms. The van der Waals surface area contributed by atoms with Crippen LogP contribution in [0.2, 0.25) is 0 Å². The third kappa shape index (κ3) is 2.34. The summed E-state index contributed by atoms with van der Waals surface area (Å²) in [6.07, 6.45) is 3.48. The summed E-state index contributed by atoms with van der Waals surface area (Å²) in [6, 6.07) is 9.64. The van der Waals surface area contributed by atoms with Gasteiger partial charge in [-0.05, 0) is 36.5 Å². The molecule has 1 N–H and O–H groups in total. The van der Waals surface area contributed by atoms with Crippen molar-refractivity contribution >= 4 is 5.97 Å². The van der Waals surface area contributed by atoms with Crippen molar-refractivity contribution in [1.82, 2.24) is 4.57 Å². The topological polar surface area (TPSA) is 59.3 Å². The van der Waals surface area contributed by atoms with Gasteiger partial charge in [-0.15, -0.1) is 0 Å². The van der Waals surface area contributed by atoms with Crippen LogP contribution in [0.4, 0.5) is 0 Å². The summed E-state index contributed by atoms with van der Waals surface area (Å²) >= 11 is 0. The molecule has 3 rings (SSSR count). The van der Waals surface area contributed by atoms with E-state index in [0.717, 1.165) is 42.5 Å². The van der Waals surface area contributed by atoms with E-state index in [1.54, 1.807) is 10.6 Å². The van der Waals surface area contributed by atoms with Gasteiger partial charge >= 0.3 is 5.97 Å². The first kappa shape index (κ1) is 14.6. The molecular formula is C18H19NO3. The fourth-order valence-corrected chi connectivity index (χ4v) is 3.16. The molecule has 0 fully saturated rings. The SMILES string of the molecule is CCCCn1c2c(cc(C(=O)O)c1=O)CCc1ccccc1-2. The quantitative estimate of drug-likeness (QED) is 0.943. The zero-order valence-electron chi connectivity index (χ0n) is 12.6.